The third-order valence-electron chi connectivity index (χ3n) is 8.58. The molecule has 0 saturated carbocycles. The Morgan fingerprint density at radius 3 is 2.49 bits per heavy atom. The SMILES string of the molecule is C=CCOC(=O)C1=C(C)N=c2s/c(=C\c3cn(-c4ccccc4)nc3-c3ccc(OCCCC)c(C)c3)c(=O)n2C1c1ccc(OC(C)=O)c(OC)c1. The maximum absolute atomic E-state index is 14.6. The van der Waals surface area contributed by atoms with Crippen molar-refractivity contribution in [1.82, 2.24) is 14.3 Å². The monoisotopic (exact) mass is 732 g/mol. The summed E-state index contributed by atoms with van der Waals surface area (Å²) < 4.78 is 26.0. The van der Waals surface area contributed by atoms with Gasteiger partial charge in [-0.3, -0.25) is 14.2 Å². The standard InChI is InChI=1S/C41H40N4O7S/c1-7-9-20-50-32-17-15-28(21-25(32)3)37-30(24-44(43-37)31-13-11-10-12-14-31)23-35-39(47)45-38(29-16-18-33(52-27(5)46)34(22-29)49-6)36(40(48)51-19-8-2)26(4)42-41(45)53-35/h8,10-18,21-24,38H,2,7,9,19-20H2,1,3-6H3/b35-23-. The number of unbranched alkanes of at least 4 members (excludes halogenated alkanes) is 1. The van der Waals surface area contributed by atoms with Gasteiger partial charge in [0.1, 0.15) is 18.1 Å². The van der Waals surface area contributed by atoms with Crippen LogP contribution in [0.3, 0.4) is 0 Å². The molecule has 3 heterocycles. The van der Waals surface area contributed by atoms with Crippen LogP contribution >= 0.6 is 11.3 Å². The maximum Gasteiger partial charge on any atom is 0.338 e. The fraction of sp³-hybridized carbons (Fsp3) is 0.244. The van der Waals surface area contributed by atoms with Gasteiger partial charge in [0.2, 0.25) is 0 Å². The lowest BCUT2D eigenvalue weighted by molar-refractivity contribution is -0.138. The minimum Gasteiger partial charge on any atom is -0.493 e. The van der Waals surface area contributed by atoms with Gasteiger partial charge in [0.05, 0.1) is 41.2 Å². The molecule has 0 N–H and O–H groups in total. The molecular weight excluding hydrogens is 693 g/mol. The number of carbonyl (C=O) groups excluding carboxylic acids is 2. The Hall–Kier alpha value is -6.01. The fourth-order valence-corrected chi connectivity index (χ4v) is 7.10. The Morgan fingerprint density at radius 2 is 1.79 bits per heavy atom. The molecule has 0 fully saturated rings. The van der Waals surface area contributed by atoms with Gasteiger partial charge in [-0.25, -0.2) is 14.5 Å². The van der Waals surface area contributed by atoms with Gasteiger partial charge in [0.15, 0.2) is 16.3 Å². The van der Waals surface area contributed by atoms with Crippen LogP contribution in [-0.2, 0) is 14.3 Å². The lowest BCUT2D eigenvalue weighted by atomic mass is 9.95. The maximum atomic E-state index is 14.6. The molecule has 1 aliphatic rings. The van der Waals surface area contributed by atoms with E-state index in [0.717, 1.165) is 35.4 Å². The average molecular weight is 733 g/mol. The van der Waals surface area contributed by atoms with Crippen molar-refractivity contribution in [3.8, 4) is 34.2 Å². The molecule has 6 rings (SSSR count). The second kappa shape index (κ2) is 16.1. The summed E-state index contributed by atoms with van der Waals surface area (Å²) in [5.41, 5.74) is 4.82. The summed E-state index contributed by atoms with van der Waals surface area (Å²) >= 11 is 1.21. The molecule has 0 bridgehead atoms. The van der Waals surface area contributed by atoms with E-state index in [2.05, 4.69) is 13.5 Å². The summed E-state index contributed by atoms with van der Waals surface area (Å²) in [6.45, 7) is 11.4. The number of benzene rings is 3. The second-order valence-corrected chi connectivity index (χ2v) is 13.4. The van der Waals surface area contributed by atoms with Crippen LogP contribution in [0, 0.1) is 6.92 Å². The number of aromatic nitrogens is 3. The normalized spacial score (nSPS) is 14.0. The lowest BCUT2D eigenvalue weighted by Crippen LogP contribution is -2.40. The number of methoxy groups -OCH3 is 1. The summed E-state index contributed by atoms with van der Waals surface area (Å²) in [5, 5.41) is 4.98. The Balaban J connectivity index is 1.52. The molecule has 0 aliphatic carbocycles. The van der Waals surface area contributed by atoms with E-state index in [1.165, 1.54) is 36.0 Å². The van der Waals surface area contributed by atoms with Gasteiger partial charge in [-0.15, -0.1) is 0 Å². The van der Waals surface area contributed by atoms with Gasteiger partial charge < -0.3 is 18.9 Å². The van der Waals surface area contributed by atoms with E-state index in [4.69, 9.17) is 29.0 Å². The zero-order chi connectivity index (χ0) is 37.6. The minimum atomic E-state index is -0.930. The molecule has 1 atom stereocenters. The Kier molecular flexibility index (Phi) is 11.2. The van der Waals surface area contributed by atoms with Crippen LogP contribution in [0.1, 0.15) is 56.3 Å². The predicted octanol–water partition coefficient (Wildman–Crippen LogP) is 6.24. The predicted molar refractivity (Wildman–Crippen MR) is 203 cm³/mol. The number of esters is 2. The highest BCUT2D eigenvalue weighted by atomic mass is 32.1. The highest BCUT2D eigenvalue weighted by molar-refractivity contribution is 7.07. The number of aryl methyl sites for hydroxylation is 1. The molecule has 3 aromatic carbocycles. The van der Waals surface area contributed by atoms with Crippen molar-refractivity contribution in [1.29, 1.82) is 0 Å². The van der Waals surface area contributed by atoms with Crippen molar-refractivity contribution in [2.24, 2.45) is 4.99 Å². The van der Waals surface area contributed by atoms with E-state index < -0.39 is 18.0 Å². The molecule has 11 nitrogen and oxygen atoms in total. The number of rotatable bonds is 13. The van der Waals surface area contributed by atoms with E-state index in [-0.39, 0.29) is 29.2 Å². The van der Waals surface area contributed by atoms with Gasteiger partial charge in [0, 0.05) is 24.2 Å². The molecule has 12 heteroatoms. The van der Waals surface area contributed by atoms with Crippen LogP contribution in [0.2, 0.25) is 0 Å². The molecule has 53 heavy (non-hydrogen) atoms. The average Bonchev–Trinajstić information content (AvgIpc) is 3.71. The van der Waals surface area contributed by atoms with Crippen molar-refractivity contribution in [2.45, 2.75) is 46.6 Å². The van der Waals surface area contributed by atoms with Crippen LogP contribution in [0.4, 0.5) is 0 Å². The highest BCUT2D eigenvalue weighted by Crippen LogP contribution is 2.36. The smallest absolute Gasteiger partial charge is 0.338 e. The zero-order valence-electron chi connectivity index (χ0n) is 30.3. The molecule has 0 saturated heterocycles. The Bertz CT molecular complexity index is 2410. The van der Waals surface area contributed by atoms with Gasteiger partial charge in [0.25, 0.3) is 5.56 Å². The molecule has 0 spiro atoms. The number of hydrogen-bond acceptors (Lipinski definition) is 10. The van der Waals surface area contributed by atoms with Crippen LogP contribution < -0.4 is 29.1 Å². The molecule has 1 unspecified atom stereocenters. The van der Waals surface area contributed by atoms with E-state index in [1.54, 1.807) is 29.8 Å². The molecule has 0 amide bonds. The van der Waals surface area contributed by atoms with Crippen molar-refractivity contribution < 1.29 is 28.5 Å². The number of nitrogens with zero attached hydrogens (tertiary/aromatic N) is 4. The summed E-state index contributed by atoms with van der Waals surface area (Å²) in [6.07, 6.45) is 7.18. The fourth-order valence-electron chi connectivity index (χ4n) is 6.06. The van der Waals surface area contributed by atoms with Crippen molar-refractivity contribution in [3.05, 3.63) is 133 Å². The van der Waals surface area contributed by atoms with E-state index in [1.807, 2.05) is 67.7 Å². The first kappa shape index (κ1) is 36.8. The van der Waals surface area contributed by atoms with Crippen LogP contribution in [0.5, 0.6) is 17.2 Å². The third kappa shape index (κ3) is 7.77. The molecule has 1 aliphatic heterocycles. The minimum absolute atomic E-state index is 0.0268. The first-order valence-corrected chi connectivity index (χ1v) is 18.0. The Labute approximate surface area is 310 Å². The van der Waals surface area contributed by atoms with E-state index in [0.29, 0.717) is 38.5 Å². The van der Waals surface area contributed by atoms with Crippen molar-refractivity contribution in [3.63, 3.8) is 0 Å². The number of para-hydroxylation sites is 1. The number of thiazole rings is 1. The second-order valence-electron chi connectivity index (χ2n) is 12.4. The lowest BCUT2D eigenvalue weighted by Gasteiger charge is -2.25. The topological polar surface area (TPSA) is 123 Å². The van der Waals surface area contributed by atoms with Crippen LogP contribution in [-0.4, -0.2) is 46.6 Å². The first-order valence-electron chi connectivity index (χ1n) is 17.2. The van der Waals surface area contributed by atoms with Gasteiger partial charge >= 0.3 is 11.9 Å². The number of allylic oxidation sites excluding steroid dienone is 1. The number of ether oxygens (including phenoxy) is 4. The van der Waals surface area contributed by atoms with Crippen molar-refractivity contribution in [2.75, 3.05) is 20.3 Å². The van der Waals surface area contributed by atoms with Crippen LogP contribution in [0.15, 0.2) is 107 Å². The molecular formula is C41H40N4O7S. The summed E-state index contributed by atoms with van der Waals surface area (Å²) in [6, 6.07) is 19.7. The third-order valence-corrected chi connectivity index (χ3v) is 9.57. The van der Waals surface area contributed by atoms with Gasteiger partial charge in [-0.1, -0.05) is 61.6 Å². The Morgan fingerprint density at radius 1 is 1.02 bits per heavy atom. The molecule has 5 aromatic rings. The quantitative estimate of drug-likeness (QED) is 0.0604. The molecule has 0 radical (unpaired) electrons. The molecule has 272 valence electrons. The molecule has 2 aromatic heterocycles. The van der Waals surface area contributed by atoms with Crippen molar-refractivity contribution >= 4 is 29.4 Å². The summed E-state index contributed by atoms with van der Waals surface area (Å²) in [7, 11) is 1.44. The number of carbonyl (C=O) groups is 2. The van der Waals surface area contributed by atoms with Gasteiger partial charge in [-0.2, -0.15) is 5.10 Å². The zero-order valence-corrected chi connectivity index (χ0v) is 31.1. The number of fused-ring (bicyclic) bond motifs is 1. The van der Waals surface area contributed by atoms with Gasteiger partial charge in [-0.05, 0) is 79.9 Å². The largest absolute Gasteiger partial charge is 0.493 e. The highest BCUT2D eigenvalue weighted by Gasteiger charge is 2.34. The summed E-state index contributed by atoms with van der Waals surface area (Å²) in [4.78, 5) is 45.0. The van der Waals surface area contributed by atoms with E-state index in [9.17, 15) is 14.4 Å². The summed E-state index contributed by atoms with van der Waals surface area (Å²) in [5.74, 6) is 0.108. The van der Waals surface area contributed by atoms with E-state index >= 15 is 0 Å². The van der Waals surface area contributed by atoms with Crippen LogP contribution in [0.25, 0.3) is 23.0 Å². The first-order chi connectivity index (χ1) is 25.6. The number of hydrogen-bond donors (Lipinski definition) is 0.